The molecule has 0 amide bonds. The lowest BCUT2D eigenvalue weighted by atomic mass is 10.2. The minimum atomic E-state index is 0. The molecule has 0 radical (unpaired) electrons. The van der Waals surface area contributed by atoms with E-state index in [1.165, 1.54) is 0 Å². The van der Waals surface area contributed by atoms with Crippen molar-refractivity contribution in [3.8, 4) is 0 Å². The summed E-state index contributed by atoms with van der Waals surface area (Å²) in [6.45, 7) is 1.54. The van der Waals surface area contributed by atoms with Gasteiger partial charge in [-0.15, -0.1) is 0 Å². The number of carbonyl (C=O) groups is 1. The van der Waals surface area contributed by atoms with E-state index in [2.05, 4.69) is 0 Å². The lowest BCUT2D eigenvalue weighted by Crippen LogP contribution is -3.00. The Bertz CT molecular complexity index is 320. The second-order valence-electron chi connectivity index (χ2n) is 2.75. The molecule has 1 rings (SSSR count). The number of allylic oxidation sites excluding steroid dienone is 1. The molecular weight excluding hydrogens is 277 g/mol. The third-order valence-electron chi connectivity index (χ3n) is 1.47. The predicted octanol–water partition coefficient (Wildman–Crippen LogP) is -1.88. The summed E-state index contributed by atoms with van der Waals surface area (Å²) in [6, 6.07) is 3.90. The maximum atomic E-state index is 10.6. The molecule has 0 atom stereocenters. The maximum absolute atomic E-state index is 10.6. The third-order valence-corrected chi connectivity index (χ3v) is 1.47. The fourth-order valence-corrected chi connectivity index (χ4v) is 0.923. The molecule has 0 N–H and O–H groups in total. The molecule has 2 nitrogen and oxygen atoms in total. The molecule has 0 aromatic carbocycles. The van der Waals surface area contributed by atoms with Gasteiger partial charge in [-0.1, -0.05) is 0 Å². The fraction of sp³-hybridized carbons (Fsp3) is 0.200. The molecule has 0 aliphatic heterocycles. The van der Waals surface area contributed by atoms with Crippen LogP contribution in [0, 0.1) is 0 Å². The number of pyridine rings is 1. The molecule has 0 spiro atoms. The first-order valence-electron chi connectivity index (χ1n) is 3.82. The Morgan fingerprint density at radius 3 is 2.77 bits per heavy atom. The summed E-state index contributed by atoms with van der Waals surface area (Å²) in [5.41, 5.74) is 1.04. The molecule has 0 saturated carbocycles. The minimum absolute atomic E-state index is 0. The standard InChI is InChI=1S/C10H12NO.HI/c1-9(12)5-6-10-4-3-7-11(2)8-10;/h3-8H,1-2H3;1H/q+1;/p-1/b6-5-;. The van der Waals surface area contributed by atoms with Crippen LogP contribution in [-0.2, 0) is 11.8 Å². The molecule has 13 heavy (non-hydrogen) atoms. The molecule has 70 valence electrons. The van der Waals surface area contributed by atoms with Crippen LogP contribution >= 0.6 is 0 Å². The molecule has 0 bridgehead atoms. The van der Waals surface area contributed by atoms with Gasteiger partial charge in [0.05, 0.1) is 0 Å². The number of ketones is 1. The molecule has 0 aliphatic rings. The summed E-state index contributed by atoms with van der Waals surface area (Å²) in [4.78, 5) is 10.6. The predicted molar refractivity (Wildman–Crippen MR) is 47.3 cm³/mol. The van der Waals surface area contributed by atoms with Crippen molar-refractivity contribution in [2.75, 3.05) is 0 Å². The van der Waals surface area contributed by atoms with Crippen LogP contribution in [0.3, 0.4) is 0 Å². The van der Waals surface area contributed by atoms with Gasteiger partial charge in [0.2, 0.25) is 0 Å². The van der Waals surface area contributed by atoms with E-state index >= 15 is 0 Å². The zero-order valence-corrected chi connectivity index (χ0v) is 9.86. The second-order valence-corrected chi connectivity index (χ2v) is 2.75. The average Bonchev–Trinajstić information content (AvgIpc) is 2.01. The highest BCUT2D eigenvalue weighted by Gasteiger charge is 1.92. The quantitative estimate of drug-likeness (QED) is 0.355. The first kappa shape index (κ1) is 12.3. The van der Waals surface area contributed by atoms with Gasteiger partial charge < -0.3 is 24.0 Å². The number of rotatable bonds is 2. The van der Waals surface area contributed by atoms with E-state index in [0.717, 1.165) is 5.56 Å². The van der Waals surface area contributed by atoms with Crippen molar-refractivity contribution in [3.63, 3.8) is 0 Å². The van der Waals surface area contributed by atoms with Crippen molar-refractivity contribution >= 4 is 11.9 Å². The summed E-state index contributed by atoms with van der Waals surface area (Å²) >= 11 is 0. The summed E-state index contributed by atoms with van der Waals surface area (Å²) < 4.78 is 1.94. The Kier molecular flexibility index (Phi) is 5.53. The zero-order valence-electron chi connectivity index (χ0n) is 7.70. The number of nitrogens with zero attached hydrogens (tertiary/aromatic N) is 1. The maximum Gasteiger partial charge on any atom is 0.175 e. The van der Waals surface area contributed by atoms with Crippen molar-refractivity contribution in [1.82, 2.24) is 0 Å². The smallest absolute Gasteiger partial charge is 0.175 e. The van der Waals surface area contributed by atoms with Crippen LogP contribution in [0.1, 0.15) is 12.5 Å². The largest absolute Gasteiger partial charge is 1.00 e. The minimum Gasteiger partial charge on any atom is -1.00 e. The molecule has 3 heteroatoms. The van der Waals surface area contributed by atoms with Gasteiger partial charge in [-0.3, -0.25) is 4.79 Å². The van der Waals surface area contributed by atoms with Crippen LogP contribution in [0.2, 0.25) is 0 Å². The van der Waals surface area contributed by atoms with E-state index in [-0.39, 0.29) is 29.8 Å². The topological polar surface area (TPSA) is 20.9 Å². The lowest BCUT2D eigenvalue weighted by molar-refractivity contribution is -0.671. The second kappa shape index (κ2) is 5.85. The normalized spacial score (nSPS) is 9.69. The number of aromatic nitrogens is 1. The number of hydrogen-bond acceptors (Lipinski definition) is 1. The summed E-state index contributed by atoms with van der Waals surface area (Å²) in [5, 5.41) is 0. The molecule has 1 aromatic heterocycles. The van der Waals surface area contributed by atoms with E-state index in [0.29, 0.717) is 0 Å². The van der Waals surface area contributed by atoms with E-state index < -0.39 is 0 Å². The Morgan fingerprint density at radius 2 is 2.23 bits per heavy atom. The van der Waals surface area contributed by atoms with Gasteiger partial charge >= 0.3 is 0 Å². The molecule has 0 saturated heterocycles. The van der Waals surface area contributed by atoms with Crippen molar-refractivity contribution in [1.29, 1.82) is 0 Å². The van der Waals surface area contributed by atoms with Crippen molar-refractivity contribution < 1.29 is 33.3 Å². The van der Waals surface area contributed by atoms with Crippen LogP contribution in [0.5, 0.6) is 0 Å². The molecule has 0 unspecified atom stereocenters. The van der Waals surface area contributed by atoms with Crippen molar-refractivity contribution in [2.24, 2.45) is 7.05 Å². The Hall–Kier alpha value is -0.710. The molecule has 0 aliphatic carbocycles. The van der Waals surface area contributed by atoms with Gasteiger partial charge in [0, 0.05) is 11.6 Å². The van der Waals surface area contributed by atoms with E-state index in [4.69, 9.17) is 0 Å². The number of hydrogen-bond donors (Lipinski definition) is 0. The summed E-state index contributed by atoms with van der Waals surface area (Å²) in [7, 11) is 1.95. The third kappa shape index (κ3) is 4.77. The number of halogens is 1. The first-order chi connectivity index (χ1) is 5.68. The van der Waals surface area contributed by atoms with E-state index in [1.54, 1.807) is 13.0 Å². The van der Waals surface area contributed by atoms with Crippen LogP contribution in [0.25, 0.3) is 6.08 Å². The SMILES string of the molecule is CC(=O)/C=C\c1ccc[n+](C)c1.[I-]. The molecule has 1 aromatic rings. The summed E-state index contributed by atoms with van der Waals surface area (Å²) in [6.07, 6.45) is 7.28. The van der Waals surface area contributed by atoms with Crippen LogP contribution in [0.4, 0.5) is 0 Å². The van der Waals surface area contributed by atoms with Crippen LogP contribution in [-0.4, -0.2) is 5.78 Å². The first-order valence-corrected chi connectivity index (χ1v) is 3.82. The monoisotopic (exact) mass is 289 g/mol. The number of carbonyl (C=O) groups excluding carboxylic acids is 1. The highest BCUT2D eigenvalue weighted by molar-refractivity contribution is 5.91. The molecular formula is C10H12INO. The van der Waals surface area contributed by atoms with Gasteiger partial charge in [0.25, 0.3) is 0 Å². The summed E-state index contributed by atoms with van der Waals surface area (Å²) in [5.74, 6) is 0.0708. The lowest BCUT2D eigenvalue weighted by Gasteiger charge is -1.89. The van der Waals surface area contributed by atoms with Crippen LogP contribution < -0.4 is 28.5 Å². The van der Waals surface area contributed by atoms with Crippen molar-refractivity contribution in [3.05, 3.63) is 36.2 Å². The Balaban J connectivity index is 0.00000144. The van der Waals surface area contributed by atoms with Gasteiger partial charge in [-0.2, -0.15) is 0 Å². The fourth-order valence-electron chi connectivity index (χ4n) is 0.923. The number of aryl methyl sites for hydroxylation is 1. The van der Waals surface area contributed by atoms with Gasteiger partial charge in [0.15, 0.2) is 18.2 Å². The highest BCUT2D eigenvalue weighted by Crippen LogP contribution is 1.96. The Morgan fingerprint density at radius 1 is 1.54 bits per heavy atom. The van der Waals surface area contributed by atoms with E-state index in [1.807, 2.05) is 42.2 Å². The van der Waals surface area contributed by atoms with Gasteiger partial charge in [-0.05, 0) is 25.1 Å². The van der Waals surface area contributed by atoms with E-state index in [9.17, 15) is 4.79 Å². The molecule has 1 heterocycles. The molecule has 0 fully saturated rings. The van der Waals surface area contributed by atoms with Gasteiger partial charge in [-0.25, -0.2) is 4.57 Å². The average molecular weight is 289 g/mol. The Labute approximate surface area is 95.3 Å². The van der Waals surface area contributed by atoms with Crippen molar-refractivity contribution in [2.45, 2.75) is 6.92 Å². The van der Waals surface area contributed by atoms with Gasteiger partial charge in [0.1, 0.15) is 7.05 Å². The highest BCUT2D eigenvalue weighted by atomic mass is 127. The van der Waals surface area contributed by atoms with Crippen LogP contribution in [0.15, 0.2) is 30.6 Å². The zero-order chi connectivity index (χ0) is 8.97.